The molecule has 30 heavy (non-hydrogen) atoms. The number of carbonyl (C=O) groups is 1. The lowest BCUT2D eigenvalue weighted by Crippen LogP contribution is -2.24. The first-order valence-corrected chi connectivity index (χ1v) is 10.8. The number of benzene rings is 2. The van der Waals surface area contributed by atoms with Crippen LogP contribution in [0.1, 0.15) is 11.4 Å². The van der Waals surface area contributed by atoms with Crippen LogP contribution in [0.2, 0.25) is 10.0 Å². The summed E-state index contributed by atoms with van der Waals surface area (Å²) in [5, 5.41) is 13.1. The lowest BCUT2D eigenvalue weighted by molar-refractivity contribution is -0.118. The number of halogens is 2. The van der Waals surface area contributed by atoms with Gasteiger partial charge in [-0.25, -0.2) is 0 Å². The molecule has 3 aromatic rings. The summed E-state index contributed by atoms with van der Waals surface area (Å²) in [5.74, 6) is 1.31. The number of amides is 1. The van der Waals surface area contributed by atoms with Crippen molar-refractivity contribution in [1.82, 2.24) is 20.1 Å². The summed E-state index contributed by atoms with van der Waals surface area (Å²) in [4.78, 5) is 12.2. The highest BCUT2D eigenvalue weighted by molar-refractivity contribution is 7.99. The molecule has 0 fully saturated rings. The standard InChI is InChI=1S/C21H20Cl2N4O2S/c1-2-11-27-19(13-29-18-6-4-3-5-17(18)23)25-26-21(27)30-14-20(28)24-12-15-7-9-16(22)10-8-15/h2-10H,1,11-14H2,(H,24,28). The van der Waals surface area contributed by atoms with E-state index in [2.05, 4.69) is 22.1 Å². The van der Waals surface area contributed by atoms with Gasteiger partial charge in [-0.3, -0.25) is 9.36 Å². The van der Waals surface area contributed by atoms with E-state index in [1.54, 1.807) is 30.3 Å². The molecule has 0 unspecified atom stereocenters. The highest BCUT2D eigenvalue weighted by atomic mass is 35.5. The van der Waals surface area contributed by atoms with E-state index in [0.29, 0.717) is 39.9 Å². The fraction of sp³-hybridized carbons (Fsp3) is 0.190. The van der Waals surface area contributed by atoms with Crippen molar-refractivity contribution in [3.8, 4) is 5.75 Å². The molecule has 0 aliphatic heterocycles. The van der Waals surface area contributed by atoms with Crippen LogP contribution in [-0.2, 0) is 24.5 Å². The number of hydrogen-bond donors (Lipinski definition) is 1. The van der Waals surface area contributed by atoms with Crippen LogP contribution in [0.3, 0.4) is 0 Å². The molecule has 2 aromatic carbocycles. The minimum Gasteiger partial charge on any atom is -0.484 e. The molecule has 0 atom stereocenters. The molecule has 1 amide bonds. The van der Waals surface area contributed by atoms with Crippen molar-refractivity contribution >= 4 is 40.9 Å². The zero-order valence-corrected chi connectivity index (χ0v) is 18.4. The van der Waals surface area contributed by atoms with Crippen molar-refractivity contribution in [2.24, 2.45) is 0 Å². The second-order valence-corrected chi connectivity index (χ2v) is 8.00. The molecule has 1 N–H and O–H groups in total. The molecule has 0 bridgehead atoms. The van der Waals surface area contributed by atoms with Gasteiger partial charge in [-0.05, 0) is 29.8 Å². The van der Waals surface area contributed by atoms with Crippen molar-refractivity contribution < 1.29 is 9.53 Å². The van der Waals surface area contributed by atoms with Crippen LogP contribution >= 0.6 is 35.0 Å². The largest absolute Gasteiger partial charge is 0.484 e. The third-order valence-corrected chi connectivity index (χ3v) is 5.56. The van der Waals surface area contributed by atoms with Gasteiger partial charge in [-0.2, -0.15) is 0 Å². The Morgan fingerprint density at radius 2 is 1.93 bits per heavy atom. The fourth-order valence-corrected chi connectivity index (χ4v) is 3.65. The van der Waals surface area contributed by atoms with Crippen molar-refractivity contribution in [3.63, 3.8) is 0 Å². The number of ether oxygens (including phenoxy) is 1. The maximum Gasteiger partial charge on any atom is 0.230 e. The summed E-state index contributed by atoms with van der Waals surface area (Å²) in [6.07, 6.45) is 1.74. The van der Waals surface area contributed by atoms with Gasteiger partial charge in [0, 0.05) is 18.1 Å². The molecule has 1 heterocycles. The van der Waals surface area contributed by atoms with Gasteiger partial charge >= 0.3 is 0 Å². The highest BCUT2D eigenvalue weighted by Crippen LogP contribution is 2.24. The number of hydrogen-bond acceptors (Lipinski definition) is 5. The second-order valence-electron chi connectivity index (χ2n) is 6.21. The quantitative estimate of drug-likeness (QED) is 0.347. The predicted octanol–water partition coefficient (Wildman–Crippen LogP) is 4.76. The van der Waals surface area contributed by atoms with E-state index in [1.165, 1.54) is 11.8 Å². The van der Waals surface area contributed by atoms with Crippen molar-refractivity contribution in [1.29, 1.82) is 0 Å². The van der Waals surface area contributed by atoms with Gasteiger partial charge in [0.2, 0.25) is 5.91 Å². The average molecular weight is 463 g/mol. The summed E-state index contributed by atoms with van der Waals surface area (Å²) in [6, 6.07) is 14.6. The SMILES string of the molecule is C=CCn1c(COc2ccccc2Cl)nnc1SCC(=O)NCc1ccc(Cl)cc1. The number of allylic oxidation sites excluding steroid dienone is 1. The molecule has 0 saturated heterocycles. The molecular weight excluding hydrogens is 443 g/mol. The number of nitrogens with one attached hydrogen (secondary N) is 1. The molecule has 0 aliphatic carbocycles. The third kappa shape index (κ3) is 6.26. The number of thioether (sulfide) groups is 1. The Balaban J connectivity index is 1.56. The van der Waals surface area contributed by atoms with E-state index >= 15 is 0 Å². The lowest BCUT2D eigenvalue weighted by Gasteiger charge is -2.10. The van der Waals surface area contributed by atoms with Crippen LogP contribution in [0.5, 0.6) is 5.75 Å². The number of para-hydroxylation sites is 1. The van der Waals surface area contributed by atoms with Crippen LogP contribution < -0.4 is 10.1 Å². The first-order valence-electron chi connectivity index (χ1n) is 9.11. The third-order valence-electron chi connectivity index (χ3n) is 4.03. The molecule has 3 rings (SSSR count). The maximum atomic E-state index is 12.2. The predicted molar refractivity (Wildman–Crippen MR) is 120 cm³/mol. The van der Waals surface area contributed by atoms with Crippen molar-refractivity contribution in [2.75, 3.05) is 5.75 Å². The molecule has 0 spiro atoms. The molecule has 156 valence electrons. The van der Waals surface area contributed by atoms with Gasteiger partial charge in [0.05, 0.1) is 10.8 Å². The highest BCUT2D eigenvalue weighted by Gasteiger charge is 2.14. The van der Waals surface area contributed by atoms with Gasteiger partial charge in [0.1, 0.15) is 12.4 Å². The Kier molecular flexibility index (Phi) is 8.19. The van der Waals surface area contributed by atoms with Crippen LogP contribution in [0.4, 0.5) is 0 Å². The maximum absolute atomic E-state index is 12.2. The van der Waals surface area contributed by atoms with Crippen LogP contribution in [0.25, 0.3) is 0 Å². The van der Waals surface area contributed by atoms with Gasteiger partial charge < -0.3 is 10.1 Å². The minimum atomic E-state index is -0.100. The average Bonchev–Trinajstić information content (AvgIpc) is 3.13. The molecule has 9 heteroatoms. The van der Waals surface area contributed by atoms with Crippen LogP contribution in [-0.4, -0.2) is 26.4 Å². The molecule has 0 aliphatic rings. The Bertz CT molecular complexity index is 1010. The number of carbonyl (C=O) groups excluding carboxylic acids is 1. The monoisotopic (exact) mass is 462 g/mol. The van der Waals surface area contributed by atoms with Gasteiger partial charge in [0.15, 0.2) is 11.0 Å². The minimum absolute atomic E-state index is 0.100. The Labute approximate surface area is 189 Å². The van der Waals surface area contributed by atoms with Gasteiger partial charge in [0.25, 0.3) is 0 Å². The number of rotatable bonds is 10. The molecular formula is C21H20Cl2N4O2S. The Morgan fingerprint density at radius 1 is 1.17 bits per heavy atom. The van der Waals surface area contributed by atoms with Crippen molar-refractivity contribution in [2.45, 2.75) is 24.9 Å². The van der Waals surface area contributed by atoms with Gasteiger partial charge in [-0.1, -0.05) is 65.3 Å². The molecule has 0 radical (unpaired) electrons. The summed E-state index contributed by atoms with van der Waals surface area (Å²) in [6.45, 7) is 4.92. The first kappa shape index (κ1) is 22.2. The van der Waals surface area contributed by atoms with E-state index in [9.17, 15) is 4.79 Å². The summed E-state index contributed by atoms with van der Waals surface area (Å²) in [5.41, 5.74) is 0.978. The van der Waals surface area contributed by atoms with E-state index in [0.717, 1.165) is 5.56 Å². The number of aromatic nitrogens is 3. The summed E-state index contributed by atoms with van der Waals surface area (Å²) >= 11 is 13.3. The van der Waals surface area contributed by atoms with Crippen LogP contribution in [0.15, 0.2) is 66.3 Å². The lowest BCUT2D eigenvalue weighted by atomic mass is 10.2. The smallest absolute Gasteiger partial charge is 0.230 e. The molecule has 6 nitrogen and oxygen atoms in total. The molecule has 0 saturated carbocycles. The summed E-state index contributed by atoms with van der Waals surface area (Å²) < 4.78 is 7.62. The summed E-state index contributed by atoms with van der Waals surface area (Å²) in [7, 11) is 0. The number of nitrogens with zero attached hydrogens (tertiary/aromatic N) is 3. The van der Waals surface area contributed by atoms with E-state index in [-0.39, 0.29) is 18.3 Å². The zero-order valence-electron chi connectivity index (χ0n) is 16.1. The van der Waals surface area contributed by atoms with E-state index in [4.69, 9.17) is 27.9 Å². The van der Waals surface area contributed by atoms with Gasteiger partial charge in [-0.15, -0.1) is 16.8 Å². The van der Waals surface area contributed by atoms with Crippen molar-refractivity contribution in [3.05, 3.63) is 82.6 Å². The molecule has 1 aromatic heterocycles. The van der Waals surface area contributed by atoms with Crippen LogP contribution in [0, 0.1) is 0 Å². The zero-order chi connectivity index (χ0) is 21.3. The van der Waals surface area contributed by atoms with E-state index in [1.807, 2.05) is 28.8 Å². The fourth-order valence-electron chi connectivity index (χ4n) is 2.53. The first-order chi connectivity index (χ1) is 14.6. The Morgan fingerprint density at radius 3 is 2.67 bits per heavy atom. The van der Waals surface area contributed by atoms with E-state index < -0.39 is 0 Å². The second kappa shape index (κ2) is 11.1. The topological polar surface area (TPSA) is 69.0 Å². The Hall–Kier alpha value is -2.48. The normalized spacial score (nSPS) is 10.6.